The van der Waals surface area contributed by atoms with Crippen LogP contribution in [0.5, 0.6) is 0 Å². The molecule has 0 bridgehead atoms. The fraction of sp³-hybridized carbons (Fsp3) is 0.768. The van der Waals surface area contributed by atoms with E-state index in [9.17, 15) is 34.5 Å². The van der Waals surface area contributed by atoms with Gasteiger partial charge in [-0.1, -0.05) is 261 Å². The molecule has 0 spiro atoms. The van der Waals surface area contributed by atoms with Gasteiger partial charge >= 0.3 is 23.9 Å². The van der Waals surface area contributed by atoms with Gasteiger partial charge in [-0.2, -0.15) is 0 Å². The Bertz CT molecular complexity index is 1680. The topological polar surface area (TPSA) is 175 Å². The Hall–Kier alpha value is -3.84. The van der Waals surface area contributed by atoms with Crippen molar-refractivity contribution in [1.29, 1.82) is 0 Å². The van der Waals surface area contributed by atoms with Crippen molar-refractivity contribution in [3.8, 4) is 0 Å². The van der Waals surface area contributed by atoms with E-state index in [-0.39, 0.29) is 25.9 Å². The van der Waals surface area contributed by atoms with Gasteiger partial charge in [-0.15, -0.1) is 0 Å². The van der Waals surface area contributed by atoms with Crippen LogP contribution in [0.3, 0.4) is 0 Å². The molecule has 0 aromatic rings. The van der Waals surface area contributed by atoms with Crippen molar-refractivity contribution in [2.45, 2.75) is 327 Å². The van der Waals surface area contributed by atoms with E-state index in [1.54, 1.807) is 0 Å². The molecule has 0 radical (unpaired) electrons. The van der Waals surface area contributed by atoms with E-state index < -0.39 is 67.3 Å². The lowest BCUT2D eigenvalue weighted by atomic mass is 9.98. The highest BCUT2D eigenvalue weighted by atomic mass is 16.7. The van der Waals surface area contributed by atoms with Crippen molar-refractivity contribution in [2.24, 2.45) is 0 Å². The number of aliphatic hydroxyl groups is 2. The van der Waals surface area contributed by atoms with Gasteiger partial charge in [0.25, 0.3) is 0 Å². The van der Waals surface area contributed by atoms with Gasteiger partial charge in [0.2, 0.25) is 0 Å². The summed E-state index contributed by atoms with van der Waals surface area (Å²) in [7, 11) is 0. The number of unbranched alkanes of at least 4 members (excludes halogenated alkanes) is 30. The molecule has 12 nitrogen and oxygen atoms in total. The van der Waals surface area contributed by atoms with Crippen LogP contribution in [0.1, 0.15) is 290 Å². The van der Waals surface area contributed by atoms with Crippen molar-refractivity contribution in [3.63, 3.8) is 0 Å². The molecule has 0 aliphatic carbocycles. The van der Waals surface area contributed by atoms with Crippen LogP contribution >= 0.6 is 0 Å². The molecule has 1 aliphatic heterocycles. The minimum absolute atomic E-state index is 0.0568. The number of carbonyl (C=O) groups is 4. The van der Waals surface area contributed by atoms with Gasteiger partial charge < -0.3 is 39.0 Å². The molecule has 0 aromatic carbocycles. The summed E-state index contributed by atoms with van der Waals surface area (Å²) in [5.74, 6) is -3.18. The van der Waals surface area contributed by atoms with E-state index in [2.05, 4.69) is 87.6 Å². The van der Waals surface area contributed by atoms with Crippen LogP contribution in [0.2, 0.25) is 0 Å². The Morgan fingerprint density at radius 2 is 0.790 bits per heavy atom. The van der Waals surface area contributed by atoms with E-state index in [4.69, 9.17) is 23.7 Å². The number of rotatable bonds is 56. The average molecular weight is 1140 g/mol. The first-order chi connectivity index (χ1) is 39.6. The number of carboxylic acid groups (broad SMARTS) is 1. The number of carboxylic acids is 1. The molecule has 3 N–H and O–H groups in total. The Kier molecular flexibility index (Phi) is 52.6. The minimum atomic E-state index is -1.91. The first kappa shape index (κ1) is 75.2. The average Bonchev–Trinajstić information content (AvgIpc) is 3.53. The van der Waals surface area contributed by atoms with Gasteiger partial charge in [0.05, 0.1) is 6.61 Å². The summed E-state index contributed by atoms with van der Waals surface area (Å²) in [6, 6.07) is 0. The molecule has 1 saturated heterocycles. The van der Waals surface area contributed by atoms with Gasteiger partial charge in [-0.25, -0.2) is 4.79 Å². The minimum Gasteiger partial charge on any atom is -0.479 e. The number of aliphatic hydroxyl groups excluding tert-OH is 2. The molecule has 1 rings (SSSR count). The molecule has 1 fully saturated rings. The van der Waals surface area contributed by atoms with Crippen LogP contribution in [0, 0.1) is 0 Å². The van der Waals surface area contributed by atoms with Crippen molar-refractivity contribution >= 4 is 23.9 Å². The SMILES string of the molecule is CC/C=C\C/C=C\C/C=C\C/C=C\C/C=C\CCCC(=O)OCC(COC1OC(C(=O)O)C(O)C(O)C1OC(=O)CCCCCCCCCCCCCCCCCCC)OC(=O)CCCCCCCCC/C=C\CCCCCCCC. The van der Waals surface area contributed by atoms with Crippen molar-refractivity contribution in [3.05, 3.63) is 72.9 Å². The lowest BCUT2D eigenvalue weighted by molar-refractivity contribution is -0.301. The first-order valence-corrected chi connectivity index (χ1v) is 32.9. The first-order valence-electron chi connectivity index (χ1n) is 32.9. The highest BCUT2D eigenvalue weighted by Crippen LogP contribution is 2.27. The normalized spacial score (nSPS) is 18.2. The Morgan fingerprint density at radius 1 is 0.420 bits per heavy atom. The van der Waals surface area contributed by atoms with Crippen LogP contribution in [-0.2, 0) is 42.9 Å². The molecule has 0 saturated carbocycles. The van der Waals surface area contributed by atoms with E-state index >= 15 is 0 Å². The van der Waals surface area contributed by atoms with Gasteiger partial charge in [-0.05, 0) is 83.5 Å². The third-order valence-corrected chi connectivity index (χ3v) is 14.8. The van der Waals surface area contributed by atoms with Crippen LogP contribution in [0.4, 0.5) is 0 Å². The number of ether oxygens (including phenoxy) is 5. The standard InChI is InChI=1S/C69H118O12/c1-4-7-10-13-16-19-22-25-28-31-34-37-40-43-46-49-52-55-61(70)77-58-60(79-62(71)56-53-50-47-44-41-38-35-32-29-26-23-20-17-14-11-8-5-2)59-78-69-67(65(74)64(73)66(81-69)68(75)76)80-63(72)57-54-51-48-45-42-39-36-33-30-27-24-21-18-15-12-9-6-3/h7,10,16,19,25-26,28-29,34,37,43,46,60,64-67,69,73-74H,4-6,8-9,11-15,17-18,20-24,27,30-33,35-36,38-42,44-45,47-59H2,1-3H3,(H,75,76)/b10-7-,19-16-,28-25-,29-26-,37-34-,46-43-. The largest absolute Gasteiger partial charge is 0.479 e. The Labute approximate surface area is 493 Å². The Morgan fingerprint density at radius 3 is 1.23 bits per heavy atom. The van der Waals surface area contributed by atoms with Gasteiger partial charge in [0.1, 0.15) is 18.8 Å². The fourth-order valence-electron chi connectivity index (χ4n) is 9.75. The van der Waals surface area contributed by atoms with Gasteiger partial charge in [-0.3, -0.25) is 14.4 Å². The monoisotopic (exact) mass is 1140 g/mol. The summed E-state index contributed by atoms with van der Waals surface area (Å²) in [5, 5.41) is 31.6. The van der Waals surface area contributed by atoms with Gasteiger partial charge in [0.15, 0.2) is 24.6 Å². The number of hydrogen-bond acceptors (Lipinski definition) is 11. The number of allylic oxidation sites excluding steroid dienone is 12. The maximum absolute atomic E-state index is 13.2. The predicted octanol–water partition coefficient (Wildman–Crippen LogP) is 17.7. The molecule has 6 atom stereocenters. The van der Waals surface area contributed by atoms with Crippen molar-refractivity contribution in [1.82, 2.24) is 0 Å². The van der Waals surface area contributed by atoms with Crippen LogP contribution < -0.4 is 0 Å². The highest BCUT2D eigenvalue weighted by molar-refractivity contribution is 5.74. The summed E-state index contributed by atoms with van der Waals surface area (Å²) in [6.45, 7) is 5.86. The molecular formula is C69H118O12. The maximum atomic E-state index is 13.2. The smallest absolute Gasteiger partial charge is 0.335 e. The number of carbonyl (C=O) groups excluding carboxylic acids is 3. The molecule has 1 heterocycles. The quantitative estimate of drug-likeness (QED) is 0.0228. The van der Waals surface area contributed by atoms with E-state index in [1.807, 2.05) is 6.08 Å². The molecule has 0 aromatic heterocycles. The van der Waals surface area contributed by atoms with Gasteiger partial charge in [0, 0.05) is 19.3 Å². The van der Waals surface area contributed by atoms with Crippen LogP contribution in [-0.4, -0.2) is 89.2 Å². The molecule has 466 valence electrons. The summed E-state index contributed by atoms with van der Waals surface area (Å²) < 4.78 is 28.5. The highest BCUT2D eigenvalue weighted by Gasteiger charge is 2.50. The van der Waals surface area contributed by atoms with E-state index in [0.717, 1.165) is 89.9 Å². The van der Waals surface area contributed by atoms with E-state index in [0.29, 0.717) is 25.7 Å². The predicted molar refractivity (Wildman–Crippen MR) is 331 cm³/mol. The zero-order valence-corrected chi connectivity index (χ0v) is 51.5. The molecule has 12 heteroatoms. The summed E-state index contributed by atoms with van der Waals surface area (Å²) in [6.07, 6.45) is 60.1. The summed E-state index contributed by atoms with van der Waals surface area (Å²) in [5.41, 5.74) is 0. The summed E-state index contributed by atoms with van der Waals surface area (Å²) in [4.78, 5) is 51.3. The second-order valence-corrected chi connectivity index (χ2v) is 22.4. The zero-order valence-electron chi connectivity index (χ0n) is 51.5. The number of esters is 3. The maximum Gasteiger partial charge on any atom is 0.335 e. The van der Waals surface area contributed by atoms with Crippen molar-refractivity contribution in [2.75, 3.05) is 13.2 Å². The molecule has 81 heavy (non-hydrogen) atoms. The third-order valence-electron chi connectivity index (χ3n) is 14.8. The lowest BCUT2D eigenvalue weighted by Crippen LogP contribution is -2.61. The lowest BCUT2D eigenvalue weighted by Gasteiger charge is -2.40. The Balaban J connectivity index is 2.69. The molecule has 6 unspecified atom stereocenters. The second kappa shape index (κ2) is 56.6. The summed E-state index contributed by atoms with van der Waals surface area (Å²) >= 11 is 0. The van der Waals surface area contributed by atoms with Crippen LogP contribution in [0.15, 0.2) is 72.9 Å². The van der Waals surface area contributed by atoms with Crippen molar-refractivity contribution < 1.29 is 58.2 Å². The molecule has 1 aliphatic rings. The fourth-order valence-corrected chi connectivity index (χ4v) is 9.75. The molecular weight excluding hydrogens is 1020 g/mol. The third kappa shape index (κ3) is 46.3. The molecule has 0 amide bonds. The number of hydrogen-bond donors (Lipinski definition) is 3. The number of aliphatic carboxylic acids is 1. The van der Waals surface area contributed by atoms with E-state index in [1.165, 1.54) is 135 Å². The zero-order chi connectivity index (χ0) is 58.9. The second-order valence-electron chi connectivity index (χ2n) is 22.4. The van der Waals surface area contributed by atoms with Crippen LogP contribution in [0.25, 0.3) is 0 Å².